The highest BCUT2D eigenvalue weighted by atomic mass is 32.1. The maximum Gasteiger partial charge on any atom is 0.407 e. The number of alkyl carbamates (subject to hydrolysis) is 2. The summed E-state index contributed by atoms with van der Waals surface area (Å²) in [6.07, 6.45) is 2.91. The number of methoxy groups -OCH3 is 2. The third-order valence-corrected chi connectivity index (χ3v) is 12.4. The first kappa shape index (κ1) is 39.5. The smallest absolute Gasteiger partial charge is 0.407 e. The molecule has 0 spiro atoms. The van der Waals surface area contributed by atoms with E-state index < -0.39 is 18.2 Å². The number of thiophene rings is 2. The van der Waals surface area contributed by atoms with Gasteiger partial charge in [0.2, 0.25) is 11.8 Å². The molecule has 1 fully saturated rings. The molecular weight excluding hydrogens is 765 g/mol. The fraction of sp³-hybridized carbons (Fsp3) is 0.366. The summed E-state index contributed by atoms with van der Waals surface area (Å²) in [4.78, 5) is 69.7. The zero-order valence-electron chi connectivity index (χ0n) is 32.5. The molecule has 1 aliphatic rings. The molecule has 2 atom stereocenters. The number of aromatic amines is 2. The number of H-pyrrole nitrogens is 2. The average molecular weight is 811 g/mol. The molecule has 7 rings (SSSR count). The van der Waals surface area contributed by atoms with Gasteiger partial charge in [-0.25, -0.2) is 19.6 Å². The molecule has 1 saturated heterocycles. The lowest BCUT2D eigenvalue weighted by Crippen LogP contribution is -2.51. The highest BCUT2D eigenvalue weighted by molar-refractivity contribution is 7.27. The minimum atomic E-state index is -0.689. The van der Waals surface area contributed by atoms with Gasteiger partial charge in [0.15, 0.2) is 0 Å². The molecule has 0 aliphatic carbocycles. The molecule has 2 unspecified atom stereocenters. The van der Waals surface area contributed by atoms with Crippen LogP contribution in [0, 0.1) is 5.92 Å². The molecule has 4 N–H and O–H groups in total. The Balaban J connectivity index is 1.05. The molecule has 6 aromatic rings. The predicted molar refractivity (Wildman–Crippen MR) is 222 cm³/mol. The predicted octanol–water partition coefficient (Wildman–Crippen LogP) is 7.70. The molecular formula is C41H46N8O6S2. The van der Waals surface area contributed by atoms with E-state index in [4.69, 9.17) is 9.72 Å². The van der Waals surface area contributed by atoms with Gasteiger partial charge < -0.3 is 39.9 Å². The number of likely N-dealkylation sites (tertiary alicyclic amines) is 1. The molecule has 0 saturated carbocycles. The van der Waals surface area contributed by atoms with E-state index in [1.807, 2.05) is 31.7 Å². The number of nitrogens with one attached hydrogen (secondary N) is 4. The van der Waals surface area contributed by atoms with Gasteiger partial charge in [-0.3, -0.25) is 9.59 Å². The van der Waals surface area contributed by atoms with Crippen LogP contribution in [0.4, 0.5) is 9.59 Å². The molecule has 1 aliphatic heterocycles. The first-order valence-corrected chi connectivity index (χ1v) is 20.7. The van der Waals surface area contributed by atoms with Crippen molar-refractivity contribution in [1.29, 1.82) is 0 Å². The lowest BCUT2D eigenvalue weighted by atomic mass is 10.0. The van der Waals surface area contributed by atoms with Gasteiger partial charge in [0.1, 0.15) is 24.2 Å². The van der Waals surface area contributed by atoms with Crippen LogP contribution in [0.5, 0.6) is 0 Å². The molecule has 4 amide bonds. The van der Waals surface area contributed by atoms with Crippen molar-refractivity contribution >= 4 is 67.1 Å². The van der Waals surface area contributed by atoms with Crippen molar-refractivity contribution in [2.45, 2.75) is 58.7 Å². The summed E-state index contributed by atoms with van der Waals surface area (Å²) in [6, 6.07) is 13.7. The number of hydrogen-bond acceptors (Lipinski definition) is 10. The van der Waals surface area contributed by atoms with Gasteiger partial charge in [0, 0.05) is 35.0 Å². The SMILES string of the molecule is CCCN(Cc1ncc(-c2ccc(-c3csc4c(-c5ccc6nc(C7CCCN7C(=O)C(NC(=O)OC)C(C)C)[nH]c6c5)csc34)cc2)[nH]1)C(=O)CNC(=O)OC. The largest absolute Gasteiger partial charge is 0.453 e. The summed E-state index contributed by atoms with van der Waals surface area (Å²) >= 11 is 3.45. The number of amides is 4. The fourth-order valence-corrected chi connectivity index (χ4v) is 9.72. The number of hydrogen-bond donors (Lipinski definition) is 4. The number of benzene rings is 2. The highest BCUT2D eigenvalue weighted by Gasteiger charge is 2.37. The van der Waals surface area contributed by atoms with Crippen LogP contribution in [-0.4, -0.2) is 93.6 Å². The van der Waals surface area contributed by atoms with Gasteiger partial charge in [-0.2, -0.15) is 0 Å². The second-order valence-electron chi connectivity index (χ2n) is 14.3. The van der Waals surface area contributed by atoms with E-state index in [1.165, 1.54) is 29.2 Å². The number of carbonyl (C=O) groups excluding carboxylic acids is 4. The molecule has 5 heterocycles. The Morgan fingerprint density at radius 2 is 1.63 bits per heavy atom. The number of ether oxygens (including phenoxy) is 2. The van der Waals surface area contributed by atoms with Crippen LogP contribution >= 0.6 is 22.7 Å². The average Bonchev–Trinajstić information content (AvgIpc) is 4.07. The maximum atomic E-state index is 13.7. The van der Waals surface area contributed by atoms with Crippen LogP contribution in [0.2, 0.25) is 0 Å². The van der Waals surface area contributed by atoms with E-state index in [2.05, 4.69) is 77.5 Å². The lowest BCUT2D eigenvalue weighted by Gasteiger charge is -2.29. The second kappa shape index (κ2) is 17.2. The van der Waals surface area contributed by atoms with Crippen LogP contribution in [0.1, 0.15) is 57.7 Å². The fourth-order valence-electron chi connectivity index (χ4n) is 7.26. The Hall–Kier alpha value is -5.74. The van der Waals surface area contributed by atoms with E-state index >= 15 is 0 Å². The van der Waals surface area contributed by atoms with E-state index in [0.717, 1.165) is 64.1 Å². The summed E-state index contributed by atoms with van der Waals surface area (Å²) in [7, 11) is 2.56. The minimum Gasteiger partial charge on any atom is -0.453 e. The Morgan fingerprint density at radius 1 is 0.947 bits per heavy atom. The molecule has 2 aromatic carbocycles. The molecule has 16 heteroatoms. The molecule has 4 aromatic heterocycles. The van der Waals surface area contributed by atoms with Gasteiger partial charge in [0.25, 0.3) is 0 Å². The van der Waals surface area contributed by atoms with Crippen LogP contribution in [-0.2, 0) is 25.6 Å². The van der Waals surface area contributed by atoms with Gasteiger partial charge in [-0.05, 0) is 54.0 Å². The van der Waals surface area contributed by atoms with Crippen LogP contribution in [0.3, 0.4) is 0 Å². The quantitative estimate of drug-likeness (QED) is 0.0918. The van der Waals surface area contributed by atoms with Crippen molar-refractivity contribution in [2.75, 3.05) is 33.9 Å². The number of aromatic nitrogens is 4. The van der Waals surface area contributed by atoms with E-state index in [9.17, 15) is 19.2 Å². The normalized spacial score (nSPS) is 14.6. The summed E-state index contributed by atoms with van der Waals surface area (Å²) in [5.74, 6) is 0.949. The van der Waals surface area contributed by atoms with Crippen molar-refractivity contribution in [3.05, 3.63) is 71.1 Å². The minimum absolute atomic E-state index is 0.106. The zero-order valence-corrected chi connectivity index (χ0v) is 34.1. The van der Waals surface area contributed by atoms with Gasteiger partial charge >= 0.3 is 12.2 Å². The van der Waals surface area contributed by atoms with Crippen LogP contribution in [0.15, 0.2) is 59.4 Å². The number of nitrogens with zero attached hydrogens (tertiary/aromatic N) is 4. The van der Waals surface area contributed by atoms with Crippen molar-refractivity contribution in [2.24, 2.45) is 5.92 Å². The monoisotopic (exact) mass is 810 g/mol. The van der Waals surface area contributed by atoms with Gasteiger partial charge in [-0.1, -0.05) is 51.1 Å². The molecule has 0 bridgehead atoms. The van der Waals surface area contributed by atoms with Crippen LogP contribution in [0.25, 0.3) is 53.9 Å². The topological polar surface area (TPSA) is 175 Å². The Morgan fingerprint density at radius 3 is 2.32 bits per heavy atom. The highest BCUT2D eigenvalue weighted by Crippen LogP contribution is 2.45. The van der Waals surface area contributed by atoms with Crippen molar-refractivity contribution < 1.29 is 28.7 Å². The summed E-state index contributed by atoms with van der Waals surface area (Å²) < 4.78 is 11.8. The van der Waals surface area contributed by atoms with Crippen molar-refractivity contribution in [3.63, 3.8) is 0 Å². The van der Waals surface area contributed by atoms with E-state index in [0.29, 0.717) is 25.5 Å². The molecule has 57 heavy (non-hydrogen) atoms. The second-order valence-corrected chi connectivity index (χ2v) is 16.1. The van der Waals surface area contributed by atoms with Crippen LogP contribution < -0.4 is 10.6 Å². The van der Waals surface area contributed by atoms with Crippen molar-refractivity contribution in [1.82, 2.24) is 40.4 Å². The molecule has 298 valence electrons. The zero-order chi connectivity index (χ0) is 40.2. The summed E-state index contributed by atoms with van der Waals surface area (Å²) in [6.45, 7) is 7.09. The van der Waals surface area contributed by atoms with E-state index in [-0.39, 0.29) is 30.3 Å². The standard InChI is InChI=1S/C41H46N8O6S2/c1-6-15-48(34(50)19-43-40(52)54-4)20-33-42-18-31(44-33)25-11-9-24(10-12-25)27-21-56-37-28(22-57-36(27)37)26-13-14-29-30(17-26)46-38(45-29)32-8-7-16-49(32)39(51)35(23(2)3)47-41(53)55-5/h9-14,17-18,21-23,32,35H,6-8,15-16,19-20H2,1-5H3,(H,42,44)(H,43,52)(H,45,46)(H,47,53). The first-order chi connectivity index (χ1) is 27.6. The lowest BCUT2D eigenvalue weighted by molar-refractivity contribution is -0.135. The number of rotatable bonds is 13. The van der Waals surface area contributed by atoms with E-state index in [1.54, 1.807) is 33.8 Å². The Bertz CT molecular complexity index is 2400. The number of fused-ring (bicyclic) bond motifs is 2. The molecule has 0 radical (unpaired) electrons. The summed E-state index contributed by atoms with van der Waals surface area (Å²) in [5, 5.41) is 9.58. The third-order valence-electron chi connectivity index (χ3n) is 10.2. The number of carbonyl (C=O) groups is 4. The number of imidazole rings is 2. The Labute approximate surface area is 338 Å². The summed E-state index contributed by atoms with van der Waals surface area (Å²) in [5.41, 5.74) is 8.11. The van der Waals surface area contributed by atoms with Crippen molar-refractivity contribution in [3.8, 4) is 33.5 Å². The maximum absolute atomic E-state index is 13.7. The third kappa shape index (κ3) is 8.37. The van der Waals surface area contributed by atoms with Gasteiger partial charge in [0.05, 0.1) is 59.1 Å². The molecule has 14 nitrogen and oxygen atoms in total. The Kier molecular flexibility index (Phi) is 11.9. The van der Waals surface area contributed by atoms with Gasteiger partial charge in [-0.15, -0.1) is 22.7 Å². The first-order valence-electron chi connectivity index (χ1n) is 19.0.